The van der Waals surface area contributed by atoms with E-state index < -0.39 is 11.9 Å². The Labute approximate surface area is 396 Å². The number of amides is 4. The lowest BCUT2D eigenvalue weighted by atomic mass is 10.0. The molecule has 5 aromatic rings. The van der Waals surface area contributed by atoms with E-state index in [1.165, 1.54) is 16.5 Å². The molecule has 68 heavy (non-hydrogen) atoms. The van der Waals surface area contributed by atoms with E-state index >= 15 is 0 Å². The lowest BCUT2D eigenvalue weighted by Gasteiger charge is -2.32. The van der Waals surface area contributed by atoms with Gasteiger partial charge in [0.1, 0.15) is 35.8 Å². The van der Waals surface area contributed by atoms with Gasteiger partial charge in [0.05, 0.1) is 50.9 Å². The molecular formula is C48H53ClN8O11. The van der Waals surface area contributed by atoms with E-state index in [0.717, 1.165) is 35.1 Å². The summed E-state index contributed by atoms with van der Waals surface area (Å²) in [4.78, 5) is 74.1. The van der Waals surface area contributed by atoms with Crippen molar-refractivity contribution in [2.45, 2.75) is 51.0 Å². The van der Waals surface area contributed by atoms with Gasteiger partial charge in [0.15, 0.2) is 18.2 Å². The largest absolute Gasteiger partial charge is 0.491 e. The molecule has 8 rings (SSSR count). The fraction of sp³-hybridized carbons (Fsp3) is 0.396. The van der Waals surface area contributed by atoms with Gasteiger partial charge in [-0.25, -0.2) is 4.98 Å². The summed E-state index contributed by atoms with van der Waals surface area (Å²) in [7, 11) is 3.15. The minimum Gasteiger partial charge on any atom is -0.491 e. The average Bonchev–Trinajstić information content (AvgIpc) is 3.67. The molecule has 20 heteroatoms. The molecule has 1 atom stereocenters. The van der Waals surface area contributed by atoms with E-state index in [9.17, 15) is 24.0 Å². The van der Waals surface area contributed by atoms with Crippen LogP contribution in [0.2, 0.25) is 5.02 Å². The van der Waals surface area contributed by atoms with Crippen LogP contribution in [0.15, 0.2) is 77.7 Å². The number of aryl methyl sites for hydroxylation is 1. The zero-order valence-corrected chi connectivity index (χ0v) is 38.6. The first kappa shape index (κ1) is 47.7. The third-order valence-corrected chi connectivity index (χ3v) is 12.1. The Morgan fingerprint density at radius 2 is 1.57 bits per heavy atom. The van der Waals surface area contributed by atoms with Crippen molar-refractivity contribution in [3.8, 4) is 17.2 Å². The minimum atomic E-state index is -0.655. The number of carbonyl (C=O) groups is 4. The Balaban J connectivity index is 0.688. The van der Waals surface area contributed by atoms with E-state index in [-0.39, 0.29) is 54.7 Å². The summed E-state index contributed by atoms with van der Waals surface area (Å²) in [5.74, 6) is 1.09. The number of benzene rings is 3. The SMILES string of the molecule is CNC(=O)COc1cc2cc(Nc3nc(N4CCC(OCc5ccc(OCCOCCOCCOc6ccc7c(c6)CN(C6CCC(=O)NC6=O)C7=O)cc5)CC4)ncc3Cl)ccc2n(C)c1=O. The molecule has 2 fully saturated rings. The topological polar surface area (TPSA) is 214 Å². The molecule has 3 aromatic carbocycles. The van der Waals surface area contributed by atoms with Gasteiger partial charge in [-0.3, -0.25) is 29.3 Å². The highest BCUT2D eigenvalue weighted by atomic mass is 35.5. The maximum atomic E-state index is 12.9. The fourth-order valence-electron chi connectivity index (χ4n) is 8.10. The van der Waals surface area contributed by atoms with Crippen LogP contribution in [-0.2, 0) is 48.8 Å². The van der Waals surface area contributed by atoms with Crippen LogP contribution < -0.4 is 40.6 Å². The number of halogens is 1. The molecule has 3 aliphatic heterocycles. The van der Waals surface area contributed by atoms with Gasteiger partial charge < -0.3 is 53.4 Å². The number of likely N-dealkylation sites (N-methyl/N-ethyl adjacent to an activating group) is 1. The number of piperidine rings is 2. The zero-order chi connectivity index (χ0) is 47.6. The van der Waals surface area contributed by atoms with Crippen LogP contribution in [-0.4, -0.2) is 122 Å². The number of nitrogens with zero attached hydrogens (tertiary/aromatic N) is 5. The van der Waals surface area contributed by atoms with Gasteiger partial charge in [0.25, 0.3) is 17.4 Å². The summed E-state index contributed by atoms with van der Waals surface area (Å²) in [5.41, 5.74) is 3.40. The van der Waals surface area contributed by atoms with Crippen molar-refractivity contribution in [3.63, 3.8) is 0 Å². The van der Waals surface area contributed by atoms with Crippen LogP contribution in [0, 0.1) is 0 Å². The molecule has 2 saturated heterocycles. The highest BCUT2D eigenvalue weighted by Crippen LogP contribution is 2.31. The number of hydrogen-bond donors (Lipinski definition) is 3. The molecule has 3 N–H and O–H groups in total. The predicted octanol–water partition coefficient (Wildman–Crippen LogP) is 4.29. The fourth-order valence-corrected chi connectivity index (χ4v) is 8.24. The molecule has 19 nitrogen and oxygen atoms in total. The van der Waals surface area contributed by atoms with Crippen molar-refractivity contribution >= 4 is 63.6 Å². The average molecular weight is 953 g/mol. The van der Waals surface area contributed by atoms with Gasteiger partial charge >= 0.3 is 0 Å². The van der Waals surface area contributed by atoms with Crippen molar-refractivity contribution in [2.24, 2.45) is 7.05 Å². The monoisotopic (exact) mass is 952 g/mol. The van der Waals surface area contributed by atoms with Crippen molar-refractivity contribution in [1.82, 2.24) is 30.1 Å². The van der Waals surface area contributed by atoms with Crippen LogP contribution in [0.1, 0.15) is 47.2 Å². The number of aromatic nitrogens is 3. The second-order valence-corrected chi connectivity index (χ2v) is 16.8. The minimum absolute atomic E-state index is 0.0686. The van der Waals surface area contributed by atoms with Crippen LogP contribution in [0.5, 0.6) is 17.2 Å². The van der Waals surface area contributed by atoms with Crippen molar-refractivity contribution in [3.05, 3.63) is 105 Å². The van der Waals surface area contributed by atoms with Crippen LogP contribution >= 0.6 is 11.6 Å². The first-order chi connectivity index (χ1) is 33.0. The van der Waals surface area contributed by atoms with Crippen molar-refractivity contribution in [2.75, 3.05) is 76.6 Å². The smallest absolute Gasteiger partial charge is 0.293 e. The summed E-state index contributed by atoms with van der Waals surface area (Å²) in [5, 5.41) is 9.16. The molecule has 5 heterocycles. The number of fused-ring (bicyclic) bond motifs is 2. The second kappa shape index (κ2) is 22.3. The van der Waals surface area contributed by atoms with E-state index in [0.29, 0.717) is 105 Å². The Morgan fingerprint density at radius 3 is 2.31 bits per heavy atom. The number of pyridine rings is 1. The molecular weight excluding hydrogens is 900 g/mol. The Bertz CT molecular complexity index is 2690. The van der Waals surface area contributed by atoms with E-state index in [2.05, 4.69) is 25.8 Å². The molecule has 0 aliphatic carbocycles. The Hall–Kier alpha value is -6.80. The van der Waals surface area contributed by atoms with Crippen LogP contribution in [0.4, 0.5) is 17.5 Å². The molecule has 2 aromatic heterocycles. The quantitative estimate of drug-likeness (QED) is 0.0692. The van der Waals surface area contributed by atoms with Gasteiger partial charge in [0.2, 0.25) is 17.8 Å². The van der Waals surface area contributed by atoms with Gasteiger partial charge in [0, 0.05) is 56.8 Å². The molecule has 0 saturated carbocycles. The van der Waals surface area contributed by atoms with E-state index in [4.69, 9.17) is 45.0 Å². The summed E-state index contributed by atoms with van der Waals surface area (Å²) >= 11 is 6.53. The standard InChI is InChI=1S/C48H53ClN8O11/c1-50-43(59)29-68-41-25-31-23-33(5-10-39(31)55(2)47(41)62)52-44-38(49)26-51-48(54-44)56-15-13-35(14-16-56)67-28-30-3-6-34(7-4-30)65-21-19-63-17-18-64-20-22-66-36-8-9-37-32(24-36)27-57(46(37)61)40-11-12-42(58)53-45(40)60/h3-10,23-26,35,40H,11-22,27-29H2,1-2H3,(H,50,59)(H,51,52,54)(H,53,58,60). The Morgan fingerprint density at radius 1 is 0.853 bits per heavy atom. The lowest BCUT2D eigenvalue weighted by Crippen LogP contribution is -2.52. The van der Waals surface area contributed by atoms with Gasteiger partial charge in [-0.15, -0.1) is 0 Å². The van der Waals surface area contributed by atoms with E-state index in [1.807, 2.05) is 42.5 Å². The Kier molecular flexibility index (Phi) is 15.7. The summed E-state index contributed by atoms with van der Waals surface area (Å²) in [6.45, 7) is 4.18. The number of imide groups is 1. The summed E-state index contributed by atoms with van der Waals surface area (Å²) in [6, 6.07) is 19.5. The van der Waals surface area contributed by atoms with Crippen molar-refractivity contribution < 1.29 is 47.6 Å². The van der Waals surface area contributed by atoms with Crippen molar-refractivity contribution in [1.29, 1.82) is 0 Å². The number of nitrogens with one attached hydrogen (secondary N) is 3. The van der Waals surface area contributed by atoms with E-state index in [1.54, 1.807) is 37.5 Å². The molecule has 0 radical (unpaired) electrons. The van der Waals surface area contributed by atoms with Crippen LogP contribution in [0.25, 0.3) is 10.9 Å². The number of carbonyl (C=O) groups excluding carboxylic acids is 4. The molecule has 0 spiro atoms. The van der Waals surface area contributed by atoms with Crippen LogP contribution in [0.3, 0.4) is 0 Å². The highest BCUT2D eigenvalue weighted by Gasteiger charge is 2.39. The maximum Gasteiger partial charge on any atom is 0.293 e. The molecule has 3 aliphatic rings. The second-order valence-electron chi connectivity index (χ2n) is 16.4. The maximum absolute atomic E-state index is 12.9. The molecule has 4 amide bonds. The predicted molar refractivity (Wildman–Crippen MR) is 251 cm³/mol. The van der Waals surface area contributed by atoms with Gasteiger partial charge in [-0.2, -0.15) is 4.98 Å². The number of anilines is 3. The number of hydrogen-bond acceptors (Lipinski definition) is 15. The summed E-state index contributed by atoms with van der Waals surface area (Å²) in [6.07, 6.45) is 3.79. The van der Waals surface area contributed by atoms with Gasteiger partial charge in [-0.1, -0.05) is 23.7 Å². The highest BCUT2D eigenvalue weighted by molar-refractivity contribution is 6.33. The molecule has 0 bridgehead atoms. The molecule has 358 valence electrons. The summed E-state index contributed by atoms with van der Waals surface area (Å²) < 4.78 is 36.2. The molecule has 1 unspecified atom stereocenters. The first-order valence-electron chi connectivity index (χ1n) is 22.4. The number of ether oxygens (including phenoxy) is 6. The third-order valence-electron chi connectivity index (χ3n) is 11.8. The van der Waals surface area contributed by atoms with Gasteiger partial charge in [-0.05, 0) is 85.0 Å². The normalized spacial score (nSPS) is 16.2. The number of rotatable bonds is 21. The zero-order valence-electron chi connectivity index (χ0n) is 37.8. The lowest BCUT2D eigenvalue weighted by molar-refractivity contribution is -0.137. The first-order valence-corrected chi connectivity index (χ1v) is 22.8. The third kappa shape index (κ3) is 11.8.